The second-order valence-corrected chi connectivity index (χ2v) is 11.3. The Morgan fingerprint density at radius 3 is 2.46 bits per heavy atom. The summed E-state index contributed by atoms with van der Waals surface area (Å²) < 4.78 is 58.2. The molecule has 2 heterocycles. The summed E-state index contributed by atoms with van der Waals surface area (Å²) in [5.41, 5.74) is 8.41. The largest absolute Gasteiger partial charge is 0.573 e. The number of alkyl halides is 3. The van der Waals surface area contributed by atoms with Gasteiger partial charge in [0.1, 0.15) is 11.3 Å². The summed E-state index contributed by atoms with van der Waals surface area (Å²) in [6.45, 7) is 7.38. The van der Waals surface area contributed by atoms with Crippen molar-refractivity contribution in [1.82, 2.24) is 19.9 Å². The molecule has 244 valence electrons. The average molecular weight is 646 g/mol. The zero-order valence-electron chi connectivity index (χ0n) is 25.2. The van der Waals surface area contributed by atoms with Gasteiger partial charge in [0.25, 0.3) is 5.91 Å². The summed E-state index contributed by atoms with van der Waals surface area (Å²) in [6.07, 6.45) is -2.07. The van der Waals surface area contributed by atoms with Crippen LogP contribution in [0.2, 0.25) is 0 Å². The molecular formula is C31H31F4N5O6. The number of amides is 1. The molecule has 0 bridgehead atoms. The Balaban J connectivity index is 0.000000288. The van der Waals surface area contributed by atoms with Crippen LogP contribution in [0.5, 0.6) is 5.75 Å². The van der Waals surface area contributed by atoms with E-state index < -0.39 is 35.4 Å². The van der Waals surface area contributed by atoms with E-state index in [2.05, 4.69) is 20.1 Å². The molecule has 4 aromatic rings. The molecule has 2 aromatic carbocycles. The number of carboxylic acid groups (broad SMARTS) is 1. The number of hydrogen-bond donors (Lipinski definition) is 3. The van der Waals surface area contributed by atoms with E-state index in [1.807, 2.05) is 33.8 Å². The number of carbonyl (C=O) groups excluding carboxylic acids is 2. The minimum absolute atomic E-state index is 0.0223. The Hall–Kier alpha value is -5.05. The molecule has 1 atom stereocenters. The first-order valence-corrected chi connectivity index (χ1v) is 14.0. The molecule has 0 unspecified atom stereocenters. The van der Waals surface area contributed by atoms with Crippen LogP contribution in [0, 0.1) is 12.7 Å². The van der Waals surface area contributed by atoms with E-state index >= 15 is 0 Å². The topological polar surface area (TPSA) is 158 Å². The number of nitrogens with one attached hydrogen (secondary N) is 1. The van der Waals surface area contributed by atoms with E-state index in [1.54, 1.807) is 6.07 Å². The van der Waals surface area contributed by atoms with Gasteiger partial charge in [-0.15, -0.1) is 13.2 Å². The van der Waals surface area contributed by atoms with Crippen molar-refractivity contribution in [3.8, 4) is 5.75 Å². The highest BCUT2D eigenvalue weighted by Gasteiger charge is 2.33. The van der Waals surface area contributed by atoms with Crippen LogP contribution in [0.25, 0.3) is 5.65 Å². The molecule has 0 saturated heterocycles. The first kappa shape index (κ1) is 33.8. The van der Waals surface area contributed by atoms with Gasteiger partial charge in [-0.25, -0.2) is 23.5 Å². The molecule has 15 heteroatoms. The number of fused-ring (bicyclic) bond motifs is 2. The number of esters is 1. The van der Waals surface area contributed by atoms with Crippen LogP contribution < -0.4 is 15.8 Å². The van der Waals surface area contributed by atoms with Gasteiger partial charge < -0.3 is 25.6 Å². The molecule has 5 rings (SSSR count). The number of rotatable bonds is 6. The second kappa shape index (κ2) is 13.1. The van der Waals surface area contributed by atoms with Gasteiger partial charge >= 0.3 is 18.3 Å². The quantitative estimate of drug-likeness (QED) is 0.187. The molecule has 0 aliphatic heterocycles. The molecule has 1 aliphatic carbocycles. The second-order valence-electron chi connectivity index (χ2n) is 11.3. The third kappa shape index (κ3) is 7.96. The lowest BCUT2D eigenvalue weighted by Crippen LogP contribution is -2.29. The highest BCUT2D eigenvalue weighted by atomic mass is 19.4. The number of aromatic nitrogens is 3. The highest BCUT2D eigenvalue weighted by molar-refractivity contribution is 5.96. The highest BCUT2D eigenvalue weighted by Crippen LogP contribution is 2.35. The number of carbonyl (C=O) groups is 3. The smallest absolute Gasteiger partial charge is 0.477 e. The van der Waals surface area contributed by atoms with E-state index in [4.69, 9.17) is 10.5 Å². The van der Waals surface area contributed by atoms with Gasteiger partial charge in [0.15, 0.2) is 22.9 Å². The Kier molecular flexibility index (Phi) is 9.66. The minimum Gasteiger partial charge on any atom is -0.477 e. The van der Waals surface area contributed by atoms with Crippen molar-refractivity contribution in [1.29, 1.82) is 0 Å². The molecule has 1 amide bonds. The van der Waals surface area contributed by atoms with Gasteiger partial charge in [-0.05, 0) is 81.0 Å². The van der Waals surface area contributed by atoms with E-state index in [1.165, 1.54) is 28.9 Å². The zero-order valence-corrected chi connectivity index (χ0v) is 25.2. The Morgan fingerprint density at radius 1 is 1.11 bits per heavy atom. The molecule has 2 aromatic heterocycles. The van der Waals surface area contributed by atoms with Crippen LogP contribution in [0.4, 0.5) is 17.6 Å². The Labute approximate surface area is 260 Å². The first-order chi connectivity index (χ1) is 21.5. The normalized spacial score (nSPS) is 14.2. The molecule has 0 saturated carbocycles. The Morgan fingerprint density at radius 2 is 1.83 bits per heavy atom. The molecule has 0 fully saturated rings. The number of carboxylic acids is 1. The summed E-state index contributed by atoms with van der Waals surface area (Å²) in [6, 6.07) is 9.15. The van der Waals surface area contributed by atoms with Crippen LogP contribution >= 0.6 is 0 Å². The molecular weight excluding hydrogens is 614 g/mol. The van der Waals surface area contributed by atoms with E-state index in [-0.39, 0.29) is 35.6 Å². The molecule has 0 spiro atoms. The van der Waals surface area contributed by atoms with Crippen LogP contribution in [0.3, 0.4) is 0 Å². The van der Waals surface area contributed by atoms with Gasteiger partial charge in [0.05, 0.1) is 17.8 Å². The van der Waals surface area contributed by atoms with Gasteiger partial charge in [0.2, 0.25) is 0 Å². The fraction of sp³-hybridized carbons (Fsp3) is 0.323. The Bertz CT molecular complexity index is 1800. The lowest BCUT2D eigenvalue weighted by Gasteiger charge is -2.21. The summed E-state index contributed by atoms with van der Waals surface area (Å²) in [5, 5.41) is 16.4. The van der Waals surface area contributed by atoms with Crippen molar-refractivity contribution in [3.05, 3.63) is 93.7 Å². The van der Waals surface area contributed by atoms with Crippen LogP contribution in [-0.2, 0) is 17.7 Å². The van der Waals surface area contributed by atoms with Crippen molar-refractivity contribution in [2.24, 2.45) is 5.73 Å². The SMILES string of the molecule is Cc1c(C(=O)OC(C)(C)C)ccc2c1CC[C@@H]2NC(=O)c1cc(C(=O)O)nc2ccnn12.NCc1ccc(F)c(OC(F)(F)F)c1. The van der Waals surface area contributed by atoms with Crippen molar-refractivity contribution >= 4 is 23.5 Å². The number of aromatic carboxylic acids is 1. The van der Waals surface area contributed by atoms with E-state index in [0.717, 1.165) is 28.8 Å². The number of hydrogen-bond acceptors (Lipinski definition) is 8. The standard InChI is InChI=1S/C23H24N4O5.C8H7F4NO/c1-12-13-7-8-16(15(13)6-5-14(12)22(31)32-23(2,3)4)26-20(28)18-11-17(21(29)30)25-19-9-10-24-27(18)19;9-6-2-1-5(4-13)3-7(6)14-8(10,11)12/h5-6,9-11,16H,7-8H2,1-4H3,(H,26,28)(H,29,30);1-3H,4,13H2/t16-;/m0./s1. The molecule has 1 aliphatic rings. The third-order valence-electron chi connectivity index (χ3n) is 6.89. The fourth-order valence-corrected chi connectivity index (χ4v) is 4.88. The van der Waals surface area contributed by atoms with Gasteiger partial charge in [-0.2, -0.15) is 5.10 Å². The lowest BCUT2D eigenvalue weighted by molar-refractivity contribution is -0.275. The molecule has 11 nitrogen and oxygen atoms in total. The summed E-state index contributed by atoms with van der Waals surface area (Å²) in [7, 11) is 0. The fourth-order valence-electron chi connectivity index (χ4n) is 4.88. The van der Waals surface area contributed by atoms with Crippen LogP contribution in [-0.4, -0.2) is 49.5 Å². The van der Waals surface area contributed by atoms with Crippen molar-refractivity contribution in [2.75, 3.05) is 0 Å². The molecule has 0 radical (unpaired) electrons. The third-order valence-corrected chi connectivity index (χ3v) is 6.89. The first-order valence-electron chi connectivity index (χ1n) is 14.0. The predicted molar refractivity (Wildman–Crippen MR) is 156 cm³/mol. The molecule has 4 N–H and O–H groups in total. The van der Waals surface area contributed by atoms with Crippen LogP contribution in [0.15, 0.2) is 48.7 Å². The zero-order chi connectivity index (χ0) is 34.0. The summed E-state index contributed by atoms with van der Waals surface area (Å²) in [5.74, 6) is -3.97. The number of benzene rings is 2. The maximum atomic E-state index is 13.0. The van der Waals surface area contributed by atoms with Gasteiger partial charge in [0, 0.05) is 18.7 Å². The summed E-state index contributed by atoms with van der Waals surface area (Å²) >= 11 is 0. The summed E-state index contributed by atoms with van der Waals surface area (Å²) in [4.78, 5) is 41.0. The van der Waals surface area contributed by atoms with Crippen molar-refractivity contribution < 1.29 is 46.5 Å². The number of nitrogens with two attached hydrogens (primary N) is 1. The maximum absolute atomic E-state index is 13.0. The predicted octanol–water partition coefficient (Wildman–Crippen LogP) is 5.29. The lowest BCUT2D eigenvalue weighted by atomic mass is 9.97. The van der Waals surface area contributed by atoms with Gasteiger partial charge in [-0.3, -0.25) is 4.79 Å². The van der Waals surface area contributed by atoms with E-state index in [9.17, 15) is 37.1 Å². The van der Waals surface area contributed by atoms with Crippen molar-refractivity contribution in [3.63, 3.8) is 0 Å². The average Bonchev–Trinajstić information content (AvgIpc) is 3.60. The number of nitrogens with zero attached hydrogens (tertiary/aromatic N) is 3. The van der Waals surface area contributed by atoms with Gasteiger partial charge in [-0.1, -0.05) is 12.1 Å². The molecule has 46 heavy (non-hydrogen) atoms. The number of halogens is 4. The van der Waals surface area contributed by atoms with Crippen LogP contribution in [0.1, 0.15) is 86.8 Å². The number of ether oxygens (including phenoxy) is 2. The van der Waals surface area contributed by atoms with E-state index in [0.29, 0.717) is 24.0 Å². The van der Waals surface area contributed by atoms with Crippen molar-refractivity contribution in [2.45, 2.75) is 65.1 Å². The minimum atomic E-state index is -4.89. The monoisotopic (exact) mass is 645 g/mol. The maximum Gasteiger partial charge on any atom is 0.573 e.